The minimum absolute atomic E-state index is 0.0964. The summed E-state index contributed by atoms with van der Waals surface area (Å²) < 4.78 is 33.7. The summed E-state index contributed by atoms with van der Waals surface area (Å²) in [6.45, 7) is 3.78. The lowest BCUT2D eigenvalue weighted by Crippen LogP contribution is -2.41. The Bertz CT molecular complexity index is 986. The molecule has 0 aliphatic carbocycles. The van der Waals surface area contributed by atoms with E-state index in [9.17, 15) is 13.2 Å². The first-order chi connectivity index (χ1) is 15.0. The molecule has 1 N–H and O–H groups in total. The molecule has 1 amide bonds. The van der Waals surface area contributed by atoms with Gasteiger partial charge in [0.2, 0.25) is 10.0 Å². The summed E-state index contributed by atoms with van der Waals surface area (Å²) in [4.78, 5) is 12.5. The summed E-state index contributed by atoms with van der Waals surface area (Å²) in [7, 11) is -3.47. The van der Waals surface area contributed by atoms with Crippen LogP contribution in [0.1, 0.15) is 65.4 Å². The Hall–Kier alpha value is -2.22. The lowest BCUT2D eigenvalue weighted by atomic mass is 10.0. The largest absolute Gasteiger partial charge is 0.381 e. The van der Waals surface area contributed by atoms with Crippen LogP contribution >= 0.6 is 0 Å². The standard InChI is InChI=1S/C24H30N2O4S/c1-18(26-15-5-8-23(31(26,28)29)20-6-3-2-4-7-20)19-9-11-21(12-10-19)24(27)25-22-13-16-30-17-14-22/h2-4,6-7,9-12,18,22-23H,5,8,13-17H2,1H3,(H,25,27). The van der Waals surface area contributed by atoms with Gasteiger partial charge in [-0.15, -0.1) is 0 Å². The highest BCUT2D eigenvalue weighted by molar-refractivity contribution is 7.89. The maximum atomic E-state index is 13.4. The highest BCUT2D eigenvalue weighted by Crippen LogP contribution is 2.38. The van der Waals surface area contributed by atoms with Gasteiger partial charge < -0.3 is 10.1 Å². The lowest BCUT2D eigenvalue weighted by Gasteiger charge is -2.36. The molecule has 2 unspecified atom stereocenters. The molecular formula is C24H30N2O4S. The highest BCUT2D eigenvalue weighted by atomic mass is 32.2. The van der Waals surface area contributed by atoms with Gasteiger partial charge in [-0.2, -0.15) is 4.31 Å². The van der Waals surface area contributed by atoms with E-state index in [0.29, 0.717) is 31.7 Å². The molecule has 6 nitrogen and oxygen atoms in total. The zero-order valence-electron chi connectivity index (χ0n) is 17.9. The molecule has 2 atom stereocenters. The zero-order valence-corrected chi connectivity index (χ0v) is 18.7. The molecule has 0 aromatic heterocycles. The van der Waals surface area contributed by atoms with Crippen molar-refractivity contribution < 1.29 is 17.9 Å². The first kappa shape index (κ1) is 22.0. The van der Waals surface area contributed by atoms with Crippen LogP contribution in [0.15, 0.2) is 54.6 Å². The van der Waals surface area contributed by atoms with Gasteiger partial charge in [0.25, 0.3) is 5.91 Å². The monoisotopic (exact) mass is 442 g/mol. The number of nitrogens with one attached hydrogen (secondary N) is 1. The second kappa shape index (κ2) is 9.51. The molecule has 166 valence electrons. The average molecular weight is 443 g/mol. The molecule has 0 saturated carbocycles. The first-order valence-electron chi connectivity index (χ1n) is 11.0. The van der Waals surface area contributed by atoms with Gasteiger partial charge >= 0.3 is 0 Å². The number of carbonyl (C=O) groups is 1. The van der Waals surface area contributed by atoms with Crippen molar-refractivity contribution in [3.63, 3.8) is 0 Å². The van der Waals surface area contributed by atoms with Crippen LogP contribution in [0, 0.1) is 0 Å². The maximum absolute atomic E-state index is 13.4. The Morgan fingerprint density at radius 2 is 1.71 bits per heavy atom. The predicted octanol–water partition coefficient (Wildman–Crippen LogP) is 3.82. The van der Waals surface area contributed by atoms with E-state index in [1.807, 2.05) is 49.4 Å². The molecule has 0 spiro atoms. The fourth-order valence-corrected chi connectivity index (χ4v) is 6.72. The summed E-state index contributed by atoms with van der Waals surface area (Å²) >= 11 is 0. The van der Waals surface area contributed by atoms with Crippen LogP contribution in [0.2, 0.25) is 0 Å². The molecule has 2 heterocycles. The molecular weight excluding hydrogens is 412 g/mol. The Balaban J connectivity index is 1.47. The predicted molar refractivity (Wildman–Crippen MR) is 120 cm³/mol. The quantitative estimate of drug-likeness (QED) is 0.764. The van der Waals surface area contributed by atoms with Crippen molar-refractivity contribution >= 4 is 15.9 Å². The molecule has 0 radical (unpaired) electrons. The summed E-state index contributed by atoms with van der Waals surface area (Å²) in [6.07, 6.45) is 3.13. The van der Waals surface area contributed by atoms with E-state index in [0.717, 1.165) is 30.4 Å². The van der Waals surface area contributed by atoms with Gasteiger partial charge in [0, 0.05) is 37.4 Å². The average Bonchev–Trinajstić information content (AvgIpc) is 2.79. The van der Waals surface area contributed by atoms with E-state index >= 15 is 0 Å². The third kappa shape index (κ3) is 4.84. The van der Waals surface area contributed by atoms with Crippen LogP contribution in [0.5, 0.6) is 0 Å². The van der Waals surface area contributed by atoms with Crippen molar-refractivity contribution in [1.82, 2.24) is 9.62 Å². The van der Waals surface area contributed by atoms with E-state index in [4.69, 9.17) is 4.74 Å². The minimum atomic E-state index is -3.47. The number of amides is 1. The smallest absolute Gasteiger partial charge is 0.251 e. The number of sulfonamides is 1. The maximum Gasteiger partial charge on any atom is 0.251 e. The number of benzene rings is 2. The number of rotatable bonds is 5. The number of carbonyl (C=O) groups excluding carboxylic acids is 1. The molecule has 31 heavy (non-hydrogen) atoms. The fraction of sp³-hybridized carbons (Fsp3) is 0.458. The fourth-order valence-electron chi connectivity index (χ4n) is 4.48. The SMILES string of the molecule is CC(c1ccc(C(=O)NC2CCOCC2)cc1)N1CCCC(c2ccccc2)S1(=O)=O. The second-order valence-corrected chi connectivity index (χ2v) is 10.4. The van der Waals surface area contributed by atoms with Gasteiger partial charge in [0.05, 0.1) is 0 Å². The number of ether oxygens (including phenoxy) is 1. The van der Waals surface area contributed by atoms with E-state index in [2.05, 4.69) is 5.32 Å². The molecule has 2 aromatic rings. The normalized spacial score (nSPS) is 23.2. The van der Waals surface area contributed by atoms with Crippen LogP contribution in [-0.2, 0) is 14.8 Å². The van der Waals surface area contributed by atoms with Gasteiger partial charge in [0.15, 0.2) is 0 Å². The molecule has 0 bridgehead atoms. The summed E-state index contributed by atoms with van der Waals surface area (Å²) in [5.74, 6) is -0.0964. The van der Waals surface area contributed by atoms with Crippen molar-refractivity contribution in [3.8, 4) is 0 Å². The second-order valence-electron chi connectivity index (χ2n) is 8.36. The van der Waals surface area contributed by atoms with E-state index < -0.39 is 15.3 Å². The third-order valence-corrected chi connectivity index (χ3v) is 8.73. The zero-order chi connectivity index (χ0) is 21.8. The Morgan fingerprint density at radius 1 is 1.03 bits per heavy atom. The van der Waals surface area contributed by atoms with Crippen LogP contribution in [0.3, 0.4) is 0 Å². The van der Waals surface area contributed by atoms with Crippen molar-refractivity contribution in [1.29, 1.82) is 0 Å². The summed E-state index contributed by atoms with van der Waals surface area (Å²) in [5.41, 5.74) is 2.32. The molecule has 2 aromatic carbocycles. The Morgan fingerprint density at radius 3 is 2.39 bits per heavy atom. The van der Waals surface area contributed by atoms with Crippen molar-refractivity contribution in [2.45, 2.75) is 49.9 Å². The molecule has 4 rings (SSSR count). The number of hydrogen-bond donors (Lipinski definition) is 1. The number of hydrogen-bond acceptors (Lipinski definition) is 4. The molecule has 2 aliphatic rings. The molecule has 2 fully saturated rings. The van der Waals surface area contributed by atoms with Crippen molar-refractivity contribution in [3.05, 3.63) is 71.3 Å². The van der Waals surface area contributed by atoms with Gasteiger partial charge in [-0.3, -0.25) is 4.79 Å². The minimum Gasteiger partial charge on any atom is -0.381 e. The van der Waals surface area contributed by atoms with Crippen LogP contribution in [-0.4, -0.2) is 44.4 Å². The number of nitrogens with zero attached hydrogens (tertiary/aromatic N) is 1. The van der Waals surface area contributed by atoms with Crippen LogP contribution in [0.4, 0.5) is 0 Å². The van der Waals surface area contributed by atoms with E-state index in [1.54, 1.807) is 16.4 Å². The van der Waals surface area contributed by atoms with Crippen LogP contribution < -0.4 is 5.32 Å². The summed E-state index contributed by atoms with van der Waals surface area (Å²) in [6, 6.07) is 16.6. The van der Waals surface area contributed by atoms with Gasteiger partial charge in [-0.05, 0) is 55.9 Å². The first-order valence-corrected chi connectivity index (χ1v) is 12.5. The molecule has 2 saturated heterocycles. The van der Waals surface area contributed by atoms with E-state index in [1.165, 1.54) is 0 Å². The van der Waals surface area contributed by atoms with E-state index in [-0.39, 0.29) is 18.0 Å². The van der Waals surface area contributed by atoms with Gasteiger partial charge in [-0.25, -0.2) is 8.42 Å². The lowest BCUT2D eigenvalue weighted by molar-refractivity contribution is 0.0696. The molecule has 2 aliphatic heterocycles. The topological polar surface area (TPSA) is 75.7 Å². The highest BCUT2D eigenvalue weighted by Gasteiger charge is 2.39. The van der Waals surface area contributed by atoms with Crippen LogP contribution in [0.25, 0.3) is 0 Å². The van der Waals surface area contributed by atoms with Gasteiger partial charge in [-0.1, -0.05) is 42.5 Å². The summed E-state index contributed by atoms with van der Waals surface area (Å²) in [5, 5.41) is 2.55. The third-order valence-electron chi connectivity index (χ3n) is 6.35. The Labute approximate surface area is 184 Å². The molecule has 7 heteroatoms. The Kier molecular flexibility index (Phi) is 6.74. The van der Waals surface area contributed by atoms with Gasteiger partial charge in [0.1, 0.15) is 5.25 Å². The van der Waals surface area contributed by atoms with Crippen molar-refractivity contribution in [2.75, 3.05) is 19.8 Å². The van der Waals surface area contributed by atoms with Crippen molar-refractivity contribution in [2.24, 2.45) is 0 Å².